The van der Waals surface area contributed by atoms with Crippen LogP contribution in [0.15, 0.2) is 48.7 Å². The van der Waals surface area contributed by atoms with E-state index in [-0.39, 0.29) is 18.0 Å². The lowest BCUT2D eigenvalue weighted by molar-refractivity contribution is -0.124. The molecule has 152 valence electrons. The molecule has 2 aromatic heterocycles. The number of fused-ring (bicyclic) bond motifs is 1. The summed E-state index contributed by atoms with van der Waals surface area (Å²) in [6, 6.07) is 12.1. The lowest BCUT2D eigenvalue weighted by Crippen LogP contribution is -2.44. The molecule has 0 bridgehead atoms. The fourth-order valence-corrected chi connectivity index (χ4v) is 3.24. The Kier molecular flexibility index (Phi) is 5.01. The van der Waals surface area contributed by atoms with Gasteiger partial charge in [-0.2, -0.15) is 5.10 Å². The quantitative estimate of drug-likeness (QED) is 0.666. The second kappa shape index (κ2) is 7.78. The summed E-state index contributed by atoms with van der Waals surface area (Å²) in [5, 5.41) is 7.05. The van der Waals surface area contributed by atoms with Crippen molar-refractivity contribution in [3.05, 3.63) is 65.6 Å². The largest absolute Gasteiger partial charge is 0.452 e. The molecule has 2 amide bonds. The monoisotopic (exact) mass is 405 g/mol. The summed E-state index contributed by atoms with van der Waals surface area (Å²) in [4.78, 5) is 42.3. The first-order valence-electron chi connectivity index (χ1n) is 9.28. The number of ether oxygens (including phenoxy) is 1. The number of hydrogen-bond donors (Lipinski definition) is 1. The van der Waals surface area contributed by atoms with Crippen LogP contribution in [-0.4, -0.2) is 45.7 Å². The van der Waals surface area contributed by atoms with Crippen LogP contribution in [-0.2, 0) is 14.3 Å². The molecular weight excluding hydrogens is 386 g/mol. The standard InChI is InChI=1S/C21H19N5O4/c1-13-9-14(2)26(24-13)18-8-7-15(10-22-18)21(29)30-12-20(28)25-11-19(27)23-16-5-3-4-6-17(16)25/h3-10H,11-12H2,1-2H3,(H,23,27). The third kappa shape index (κ3) is 3.77. The van der Waals surface area contributed by atoms with E-state index in [0.29, 0.717) is 17.2 Å². The summed E-state index contributed by atoms with van der Waals surface area (Å²) in [6.07, 6.45) is 1.38. The van der Waals surface area contributed by atoms with E-state index in [0.717, 1.165) is 11.4 Å². The number of nitrogens with one attached hydrogen (secondary N) is 1. The molecule has 0 spiro atoms. The van der Waals surface area contributed by atoms with E-state index in [1.54, 1.807) is 41.1 Å². The molecule has 30 heavy (non-hydrogen) atoms. The maximum atomic E-state index is 12.6. The van der Waals surface area contributed by atoms with Crippen LogP contribution in [0.1, 0.15) is 21.7 Å². The van der Waals surface area contributed by atoms with Gasteiger partial charge in [-0.1, -0.05) is 12.1 Å². The molecule has 0 saturated carbocycles. The number of anilines is 2. The second-order valence-electron chi connectivity index (χ2n) is 6.87. The van der Waals surface area contributed by atoms with Gasteiger partial charge in [0, 0.05) is 11.9 Å². The van der Waals surface area contributed by atoms with Crippen LogP contribution in [0, 0.1) is 13.8 Å². The Morgan fingerprint density at radius 2 is 1.97 bits per heavy atom. The maximum Gasteiger partial charge on any atom is 0.340 e. The Labute approximate surface area is 172 Å². The van der Waals surface area contributed by atoms with E-state index < -0.39 is 18.5 Å². The molecule has 1 aliphatic rings. The van der Waals surface area contributed by atoms with Crippen LogP contribution in [0.25, 0.3) is 5.82 Å². The van der Waals surface area contributed by atoms with Gasteiger partial charge in [0.1, 0.15) is 6.54 Å². The van der Waals surface area contributed by atoms with Crippen LogP contribution in [0.3, 0.4) is 0 Å². The summed E-state index contributed by atoms with van der Waals surface area (Å²) < 4.78 is 6.82. The Hall–Kier alpha value is -4.01. The third-order valence-corrected chi connectivity index (χ3v) is 4.61. The summed E-state index contributed by atoms with van der Waals surface area (Å²) in [7, 11) is 0. The van der Waals surface area contributed by atoms with E-state index in [4.69, 9.17) is 4.74 Å². The highest BCUT2D eigenvalue weighted by Gasteiger charge is 2.27. The van der Waals surface area contributed by atoms with Crippen LogP contribution in [0.2, 0.25) is 0 Å². The van der Waals surface area contributed by atoms with Crippen LogP contribution >= 0.6 is 0 Å². The van der Waals surface area contributed by atoms with Crippen LogP contribution in [0.4, 0.5) is 11.4 Å². The number of nitrogens with zero attached hydrogens (tertiary/aromatic N) is 4. The zero-order chi connectivity index (χ0) is 21.3. The average Bonchev–Trinajstić information content (AvgIpc) is 3.09. The number of hydrogen-bond acceptors (Lipinski definition) is 6. The van der Waals surface area contributed by atoms with Crippen molar-refractivity contribution >= 4 is 29.2 Å². The fraction of sp³-hybridized carbons (Fsp3) is 0.190. The van der Waals surface area contributed by atoms with Crippen molar-refractivity contribution < 1.29 is 19.1 Å². The first-order valence-corrected chi connectivity index (χ1v) is 9.28. The molecule has 1 aliphatic heterocycles. The van der Waals surface area contributed by atoms with Crippen molar-refractivity contribution in [2.24, 2.45) is 0 Å². The minimum Gasteiger partial charge on any atom is -0.452 e. The van der Waals surface area contributed by atoms with Gasteiger partial charge in [0.15, 0.2) is 12.4 Å². The zero-order valence-corrected chi connectivity index (χ0v) is 16.5. The Balaban J connectivity index is 1.42. The third-order valence-electron chi connectivity index (χ3n) is 4.61. The number of pyridine rings is 1. The average molecular weight is 405 g/mol. The molecule has 0 atom stereocenters. The van der Waals surface area contributed by atoms with Gasteiger partial charge in [-0.15, -0.1) is 0 Å². The molecule has 0 radical (unpaired) electrons. The fourth-order valence-electron chi connectivity index (χ4n) is 3.24. The van der Waals surface area contributed by atoms with Gasteiger partial charge in [0.05, 0.1) is 22.6 Å². The van der Waals surface area contributed by atoms with Gasteiger partial charge < -0.3 is 10.1 Å². The van der Waals surface area contributed by atoms with Crippen LogP contribution in [0.5, 0.6) is 0 Å². The highest BCUT2D eigenvalue weighted by molar-refractivity contribution is 6.10. The summed E-state index contributed by atoms with van der Waals surface area (Å²) in [6.45, 7) is 3.18. The molecule has 9 heteroatoms. The van der Waals surface area contributed by atoms with Crippen molar-refractivity contribution in [1.29, 1.82) is 0 Å². The number of carbonyl (C=O) groups is 3. The maximum absolute atomic E-state index is 12.6. The number of esters is 1. The van der Waals surface area contributed by atoms with E-state index in [1.165, 1.54) is 11.1 Å². The predicted molar refractivity (Wildman–Crippen MR) is 109 cm³/mol. The Morgan fingerprint density at radius 1 is 1.17 bits per heavy atom. The van der Waals surface area contributed by atoms with E-state index in [1.807, 2.05) is 19.9 Å². The second-order valence-corrected chi connectivity index (χ2v) is 6.87. The number of benzene rings is 1. The Morgan fingerprint density at radius 3 is 2.67 bits per heavy atom. The molecule has 0 unspecified atom stereocenters. The summed E-state index contributed by atoms with van der Waals surface area (Å²) in [5.74, 6) is -0.898. The highest BCUT2D eigenvalue weighted by Crippen LogP contribution is 2.28. The SMILES string of the molecule is Cc1cc(C)n(-c2ccc(C(=O)OCC(=O)N3CC(=O)Nc4ccccc43)cn2)n1. The number of para-hydroxylation sites is 2. The van der Waals surface area contributed by atoms with Gasteiger partial charge >= 0.3 is 5.97 Å². The van der Waals surface area contributed by atoms with Gasteiger partial charge in [-0.25, -0.2) is 14.5 Å². The van der Waals surface area contributed by atoms with Crippen molar-refractivity contribution in [2.45, 2.75) is 13.8 Å². The van der Waals surface area contributed by atoms with Gasteiger partial charge in [0.2, 0.25) is 5.91 Å². The van der Waals surface area contributed by atoms with Gasteiger partial charge in [0.25, 0.3) is 5.91 Å². The molecule has 4 rings (SSSR count). The van der Waals surface area contributed by atoms with Crippen molar-refractivity contribution in [2.75, 3.05) is 23.4 Å². The van der Waals surface area contributed by atoms with E-state index in [9.17, 15) is 14.4 Å². The molecule has 9 nitrogen and oxygen atoms in total. The van der Waals surface area contributed by atoms with E-state index in [2.05, 4.69) is 15.4 Å². The molecule has 1 aromatic carbocycles. The minimum absolute atomic E-state index is 0.133. The van der Waals surface area contributed by atoms with Gasteiger partial charge in [-0.3, -0.25) is 14.5 Å². The van der Waals surface area contributed by atoms with Crippen LogP contribution < -0.4 is 10.2 Å². The first-order chi connectivity index (χ1) is 14.4. The normalized spacial score (nSPS) is 12.9. The van der Waals surface area contributed by atoms with Crippen molar-refractivity contribution in [3.8, 4) is 5.82 Å². The first kappa shape index (κ1) is 19.3. The zero-order valence-electron chi connectivity index (χ0n) is 16.5. The Bertz CT molecular complexity index is 1140. The minimum atomic E-state index is -0.675. The smallest absolute Gasteiger partial charge is 0.340 e. The number of aromatic nitrogens is 3. The molecule has 0 fully saturated rings. The number of aryl methyl sites for hydroxylation is 2. The summed E-state index contributed by atoms with van der Waals surface area (Å²) >= 11 is 0. The summed E-state index contributed by atoms with van der Waals surface area (Å²) in [5.41, 5.74) is 3.10. The molecule has 0 saturated heterocycles. The van der Waals surface area contributed by atoms with E-state index >= 15 is 0 Å². The van der Waals surface area contributed by atoms with Crippen molar-refractivity contribution in [1.82, 2.24) is 14.8 Å². The molecule has 0 aliphatic carbocycles. The lowest BCUT2D eigenvalue weighted by Gasteiger charge is -2.28. The molecule has 1 N–H and O–H groups in total. The highest BCUT2D eigenvalue weighted by atomic mass is 16.5. The molecule has 3 aromatic rings. The molecular formula is C21H19N5O4. The predicted octanol–water partition coefficient (Wildman–Crippen LogP) is 2.03. The number of rotatable bonds is 4. The number of amides is 2. The van der Waals surface area contributed by atoms with Crippen molar-refractivity contribution in [3.63, 3.8) is 0 Å². The lowest BCUT2D eigenvalue weighted by atomic mass is 10.2. The molecule has 3 heterocycles. The number of carbonyl (C=O) groups excluding carboxylic acids is 3. The van der Waals surface area contributed by atoms with Gasteiger partial charge in [-0.05, 0) is 44.2 Å². The topological polar surface area (TPSA) is 106 Å².